The number of nitrogens with zero attached hydrogens (tertiary/aromatic N) is 2. The van der Waals surface area contributed by atoms with Crippen molar-refractivity contribution in [2.75, 3.05) is 0 Å². The highest BCUT2D eigenvalue weighted by Crippen LogP contribution is 2.45. The molecule has 0 unspecified atom stereocenters. The molecule has 0 spiro atoms. The Kier molecular flexibility index (Phi) is 9.80. The van der Waals surface area contributed by atoms with E-state index in [9.17, 15) is 0 Å². The Bertz CT molecular complexity index is 3490. The van der Waals surface area contributed by atoms with Crippen LogP contribution in [-0.4, -0.2) is 9.97 Å². The summed E-state index contributed by atoms with van der Waals surface area (Å²) >= 11 is 1.76. The van der Waals surface area contributed by atoms with E-state index in [2.05, 4.69) is 159 Å². The molecule has 5 heteroatoms. The Morgan fingerprint density at radius 3 is 1.79 bits per heavy atom. The van der Waals surface area contributed by atoms with Gasteiger partial charge in [-0.05, 0) is 60.4 Å². The van der Waals surface area contributed by atoms with E-state index in [-0.39, 0.29) is 0 Å². The molecule has 11 rings (SSSR count). The van der Waals surface area contributed by atoms with Gasteiger partial charge in [0.15, 0.2) is 5.82 Å². The molecule has 0 atom stereocenters. The van der Waals surface area contributed by atoms with Crippen molar-refractivity contribution in [1.82, 2.24) is 9.97 Å². The maximum Gasteiger partial charge on any atom is 0.160 e. The number of thiophene rings is 1. The van der Waals surface area contributed by atoms with Gasteiger partial charge in [0.2, 0.25) is 0 Å². The summed E-state index contributed by atoms with van der Waals surface area (Å²) in [5.74, 6) is 1.46. The topological polar surface area (TPSA) is 52.1 Å². The van der Waals surface area contributed by atoms with Crippen molar-refractivity contribution < 1.29 is 8.83 Å². The van der Waals surface area contributed by atoms with Crippen molar-refractivity contribution in [1.29, 1.82) is 0 Å². The summed E-state index contributed by atoms with van der Waals surface area (Å²) in [7, 11) is 0. The average Bonchev–Trinajstić information content (AvgIpc) is 4.01. The zero-order valence-electron chi connectivity index (χ0n) is 33.9. The first-order chi connectivity index (χ1) is 30.1. The molecule has 0 aliphatic heterocycles. The zero-order valence-corrected chi connectivity index (χ0v) is 34.7. The summed E-state index contributed by atoms with van der Waals surface area (Å²) < 4.78 is 15.1. The fourth-order valence-corrected chi connectivity index (χ4v) is 9.63. The van der Waals surface area contributed by atoms with Gasteiger partial charge in [-0.2, -0.15) is 0 Å². The first-order valence-corrected chi connectivity index (χ1v) is 21.2. The lowest BCUT2D eigenvalue weighted by Crippen LogP contribution is -1.94. The molecule has 0 fully saturated rings. The van der Waals surface area contributed by atoms with Gasteiger partial charge in [0, 0.05) is 54.1 Å². The number of benzene rings is 7. The quantitative estimate of drug-likeness (QED) is 0.151. The van der Waals surface area contributed by atoms with E-state index in [4.69, 9.17) is 18.8 Å². The number of furan rings is 2. The van der Waals surface area contributed by atoms with Crippen molar-refractivity contribution in [2.45, 2.75) is 13.8 Å². The highest BCUT2D eigenvalue weighted by molar-refractivity contribution is 7.26. The fourth-order valence-electron chi connectivity index (χ4n) is 8.34. The molecular weight excluding hydrogens is 765 g/mol. The first-order valence-electron chi connectivity index (χ1n) is 20.4. The van der Waals surface area contributed by atoms with Gasteiger partial charge in [-0.3, -0.25) is 0 Å². The molecule has 0 radical (unpaired) electrons. The number of hydrogen-bond acceptors (Lipinski definition) is 5. The van der Waals surface area contributed by atoms with E-state index in [0.717, 1.165) is 110 Å². The summed E-state index contributed by atoms with van der Waals surface area (Å²) in [6.07, 6.45) is 7.66. The Balaban J connectivity index is 0.00000144. The second-order valence-electron chi connectivity index (χ2n) is 14.8. The molecule has 4 nitrogen and oxygen atoms in total. The molecule has 292 valence electrons. The molecule has 0 N–H and O–H groups in total. The minimum absolute atomic E-state index is 0.680. The maximum atomic E-state index is 6.43. The second kappa shape index (κ2) is 15.9. The Morgan fingerprint density at radius 2 is 1.07 bits per heavy atom. The van der Waals surface area contributed by atoms with Crippen LogP contribution >= 0.6 is 11.3 Å². The number of para-hydroxylation sites is 3. The van der Waals surface area contributed by atoms with Crippen LogP contribution in [0.25, 0.3) is 121 Å². The number of rotatable bonds is 7. The Labute approximate surface area is 358 Å². The maximum absolute atomic E-state index is 6.43. The minimum Gasteiger partial charge on any atom is -0.455 e. The van der Waals surface area contributed by atoms with Gasteiger partial charge in [0.05, 0.1) is 15.9 Å². The van der Waals surface area contributed by atoms with E-state index < -0.39 is 0 Å². The van der Waals surface area contributed by atoms with Crippen molar-refractivity contribution in [2.24, 2.45) is 0 Å². The molecule has 11 aromatic rings. The molecule has 0 aliphatic carbocycles. The molecular formula is C56H40N2O2S. The molecule has 4 heterocycles. The van der Waals surface area contributed by atoms with Gasteiger partial charge in [-0.15, -0.1) is 17.9 Å². The molecule has 0 saturated heterocycles. The lowest BCUT2D eigenvalue weighted by molar-refractivity contribution is 0.604. The number of aromatic nitrogens is 2. The minimum atomic E-state index is 0.680. The third kappa shape index (κ3) is 6.56. The standard InChI is InChI=1S/C53H34N2O2S.C3H6/c1-3-15-40-42-26-12-23-37(49(42)56-45(40)4-2)33-18-10-20-35(30-33)39-25-14-28-44-48-52(58-51(39)44)47(32-16-6-5-7-17-32)54-53(55-48)36-21-11-19-34(31-36)38-24-13-27-43-41-22-8-9-29-46(41)57-50(38)43;1-3-2/h3-31H,2H2,1H3;3H,1H2,2H3/b15-3-;. The largest absolute Gasteiger partial charge is 0.455 e. The second-order valence-corrected chi connectivity index (χ2v) is 15.9. The number of hydrogen-bond donors (Lipinski definition) is 0. The normalized spacial score (nSPS) is 11.5. The van der Waals surface area contributed by atoms with Crippen LogP contribution in [0.5, 0.6) is 0 Å². The van der Waals surface area contributed by atoms with Crippen LogP contribution in [0, 0.1) is 0 Å². The molecule has 0 amide bonds. The van der Waals surface area contributed by atoms with Crippen LogP contribution in [-0.2, 0) is 0 Å². The van der Waals surface area contributed by atoms with Crippen molar-refractivity contribution in [3.8, 4) is 56.0 Å². The van der Waals surface area contributed by atoms with Crippen LogP contribution < -0.4 is 0 Å². The van der Waals surface area contributed by atoms with Gasteiger partial charge in [-0.1, -0.05) is 164 Å². The summed E-state index contributed by atoms with van der Waals surface area (Å²) in [4.78, 5) is 10.7. The highest BCUT2D eigenvalue weighted by Gasteiger charge is 2.21. The van der Waals surface area contributed by atoms with Crippen LogP contribution in [0.2, 0.25) is 0 Å². The van der Waals surface area contributed by atoms with Crippen LogP contribution in [0.3, 0.4) is 0 Å². The van der Waals surface area contributed by atoms with E-state index in [1.807, 2.05) is 38.1 Å². The summed E-state index contributed by atoms with van der Waals surface area (Å²) in [5.41, 5.74) is 14.0. The monoisotopic (exact) mass is 804 g/mol. The molecule has 0 aliphatic rings. The Morgan fingerprint density at radius 1 is 0.508 bits per heavy atom. The van der Waals surface area contributed by atoms with Crippen LogP contribution in [0.4, 0.5) is 0 Å². The SMILES string of the molecule is C=CC.C=Cc1oc2c(-c3cccc(-c4cccc5c4sc4c(-c6ccccc6)nc(-c6cccc(-c7cccc8c7oc7ccccc78)c6)nc45)c3)cccc2c1/C=C\C. The number of allylic oxidation sites excluding steroid dienone is 2. The summed E-state index contributed by atoms with van der Waals surface area (Å²) in [6, 6.07) is 55.1. The summed E-state index contributed by atoms with van der Waals surface area (Å²) in [6.45, 7) is 11.3. The van der Waals surface area contributed by atoms with E-state index >= 15 is 0 Å². The molecule has 0 saturated carbocycles. The predicted molar refractivity (Wildman–Crippen MR) is 260 cm³/mol. The fraction of sp³-hybridized carbons (Fsp3) is 0.0357. The van der Waals surface area contributed by atoms with Gasteiger partial charge in [0.25, 0.3) is 0 Å². The highest BCUT2D eigenvalue weighted by atomic mass is 32.1. The van der Waals surface area contributed by atoms with Gasteiger partial charge < -0.3 is 8.83 Å². The molecule has 61 heavy (non-hydrogen) atoms. The Hall–Kier alpha value is -7.60. The third-order valence-electron chi connectivity index (χ3n) is 11.0. The zero-order chi connectivity index (χ0) is 41.5. The van der Waals surface area contributed by atoms with Crippen molar-refractivity contribution >= 4 is 76.7 Å². The van der Waals surface area contributed by atoms with Crippen molar-refractivity contribution in [3.05, 3.63) is 194 Å². The first kappa shape index (κ1) is 37.7. The average molecular weight is 805 g/mol. The summed E-state index contributed by atoms with van der Waals surface area (Å²) in [5, 5.41) is 4.39. The van der Waals surface area contributed by atoms with Crippen molar-refractivity contribution in [3.63, 3.8) is 0 Å². The van der Waals surface area contributed by atoms with Crippen LogP contribution in [0.1, 0.15) is 25.2 Å². The van der Waals surface area contributed by atoms with E-state index in [1.165, 1.54) is 4.70 Å². The molecule has 0 bridgehead atoms. The van der Waals surface area contributed by atoms with Gasteiger partial charge in [0.1, 0.15) is 22.5 Å². The van der Waals surface area contributed by atoms with E-state index in [1.54, 1.807) is 23.5 Å². The van der Waals surface area contributed by atoms with E-state index in [0.29, 0.717) is 5.82 Å². The van der Waals surface area contributed by atoms with Gasteiger partial charge in [-0.25, -0.2) is 9.97 Å². The predicted octanol–water partition coefficient (Wildman–Crippen LogP) is 16.7. The molecule has 4 aromatic heterocycles. The van der Waals surface area contributed by atoms with Gasteiger partial charge >= 0.3 is 0 Å². The smallest absolute Gasteiger partial charge is 0.160 e. The lowest BCUT2D eigenvalue weighted by atomic mass is 9.96. The molecule has 7 aromatic carbocycles. The lowest BCUT2D eigenvalue weighted by Gasteiger charge is -2.09. The third-order valence-corrected chi connectivity index (χ3v) is 12.2. The number of fused-ring (bicyclic) bond motifs is 7. The van der Waals surface area contributed by atoms with Crippen LogP contribution in [0.15, 0.2) is 192 Å².